The molecule has 0 unspecified atom stereocenters. The van der Waals surface area contributed by atoms with Crippen molar-refractivity contribution >= 4 is 23.2 Å². The molecule has 0 radical (unpaired) electrons. The van der Waals surface area contributed by atoms with Gasteiger partial charge in [0.2, 0.25) is 0 Å². The fourth-order valence-electron chi connectivity index (χ4n) is 3.39. The van der Waals surface area contributed by atoms with E-state index in [1.54, 1.807) is 31.4 Å². The number of halogens is 1. The first-order valence-electron chi connectivity index (χ1n) is 9.52. The Balaban J connectivity index is 1.63. The van der Waals surface area contributed by atoms with Crippen molar-refractivity contribution in [1.82, 2.24) is 4.90 Å². The Bertz CT molecular complexity index is 790. The zero-order chi connectivity index (χ0) is 20.1. The standard InChI is InChI=1S/C22H27ClN2O3/c1-22(2,28-20-9-5-17(23)6-10-20)21(26)25-14-4-13-24(15-16-25)18-7-11-19(27-3)12-8-18/h5-12H,4,13-16H2,1-3H3. The van der Waals surface area contributed by atoms with E-state index in [2.05, 4.69) is 17.0 Å². The maximum absolute atomic E-state index is 13.1. The van der Waals surface area contributed by atoms with Crippen LogP contribution in [0.5, 0.6) is 11.5 Å². The molecule has 0 saturated carbocycles. The van der Waals surface area contributed by atoms with E-state index in [1.165, 1.54) is 0 Å². The number of ether oxygens (including phenoxy) is 2. The van der Waals surface area contributed by atoms with E-state index in [-0.39, 0.29) is 5.91 Å². The van der Waals surface area contributed by atoms with E-state index in [0.29, 0.717) is 17.3 Å². The summed E-state index contributed by atoms with van der Waals surface area (Å²) in [6.45, 7) is 6.72. The van der Waals surface area contributed by atoms with Gasteiger partial charge in [0.05, 0.1) is 7.11 Å². The first-order valence-corrected chi connectivity index (χ1v) is 9.90. The molecule has 6 heteroatoms. The molecule has 1 fully saturated rings. The first kappa shape index (κ1) is 20.3. The van der Waals surface area contributed by atoms with Crippen molar-refractivity contribution in [1.29, 1.82) is 0 Å². The van der Waals surface area contributed by atoms with Crippen LogP contribution in [0.25, 0.3) is 0 Å². The maximum atomic E-state index is 13.1. The normalized spacial score (nSPS) is 15.1. The van der Waals surface area contributed by atoms with Gasteiger partial charge in [-0.3, -0.25) is 4.79 Å². The molecule has 1 aliphatic heterocycles. The van der Waals surface area contributed by atoms with Crippen molar-refractivity contribution in [2.75, 3.05) is 38.2 Å². The molecule has 0 N–H and O–H groups in total. The second kappa shape index (κ2) is 8.74. The van der Waals surface area contributed by atoms with Gasteiger partial charge in [0.1, 0.15) is 11.5 Å². The van der Waals surface area contributed by atoms with Crippen LogP contribution >= 0.6 is 11.6 Å². The predicted octanol–water partition coefficient (Wildman–Crippen LogP) is 4.24. The second-order valence-corrected chi connectivity index (χ2v) is 7.83. The molecule has 2 aromatic rings. The average molecular weight is 403 g/mol. The van der Waals surface area contributed by atoms with Crippen molar-refractivity contribution < 1.29 is 14.3 Å². The molecule has 2 aromatic carbocycles. The molecule has 1 amide bonds. The smallest absolute Gasteiger partial charge is 0.266 e. The number of rotatable bonds is 5. The van der Waals surface area contributed by atoms with Gasteiger partial charge in [-0.2, -0.15) is 0 Å². The van der Waals surface area contributed by atoms with Gasteiger partial charge in [-0.25, -0.2) is 0 Å². The number of benzene rings is 2. The zero-order valence-electron chi connectivity index (χ0n) is 16.7. The third kappa shape index (κ3) is 4.90. The third-order valence-electron chi connectivity index (χ3n) is 4.92. The maximum Gasteiger partial charge on any atom is 0.266 e. The van der Waals surface area contributed by atoms with Gasteiger partial charge >= 0.3 is 0 Å². The minimum atomic E-state index is -0.941. The number of amides is 1. The van der Waals surface area contributed by atoms with Crippen molar-refractivity contribution in [3.63, 3.8) is 0 Å². The van der Waals surface area contributed by atoms with Crippen LogP contribution in [0.4, 0.5) is 5.69 Å². The van der Waals surface area contributed by atoms with Crippen LogP contribution in [0.1, 0.15) is 20.3 Å². The van der Waals surface area contributed by atoms with Gasteiger partial charge in [0.15, 0.2) is 5.60 Å². The fourth-order valence-corrected chi connectivity index (χ4v) is 3.52. The molecule has 0 bridgehead atoms. The number of carbonyl (C=O) groups is 1. The van der Waals surface area contributed by atoms with Crippen LogP contribution in [0.2, 0.25) is 5.02 Å². The highest BCUT2D eigenvalue weighted by atomic mass is 35.5. The van der Waals surface area contributed by atoms with Gasteiger partial charge < -0.3 is 19.3 Å². The highest BCUT2D eigenvalue weighted by Gasteiger charge is 2.35. The number of anilines is 1. The highest BCUT2D eigenvalue weighted by molar-refractivity contribution is 6.30. The Morgan fingerprint density at radius 1 is 0.929 bits per heavy atom. The monoisotopic (exact) mass is 402 g/mol. The topological polar surface area (TPSA) is 42.0 Å². The number of carbonyl (C=O) groups excluding carboxylic acids is 1. The Hall–Kier alpha value is -2.40. The molecule has 5 nitrogen and oxygen atoms in total. The quantitative estimate of drug-likeness (QED) is 0.750. The van der Waals surface area contributed by atoms with Crippen molar-refractivity contribution in [3.05, 3.63) is 53.6 Å². The van der Waals surface area contributed by atoms with Crippen LogP contribution in [0, 0.1) is 0 Å². The highest BCUT2D eigenvalue weighted by Crippen LogP contribution is 2.24. The Morgan fingerprint density at radius 3 is 2.21 bits per heavy atom. The summed E-state index contributed by atoms with van der Waals surface area (Å²) >= 11 is 5.92. The fraction of sp³-hybridized carbons (Fsp3) is 0.409. The number of methoxy groups -OCH3 is 1. The molecule has 150 valence electrons. The zero-order valence-corrected chi connectivity index (χ0v) is 17.4. The molecule has 28 heavy (non-hydrogen) atoms. The lowest BCUT2D eigenvalue weighted by atomic mass is 10.1. The summed E-state index contributed by atoms with van der Waals surface area (Å²) in [4.78, 5) is 17.3. The van der Waals surface area contributed by atoms with Gasteiger partial charge in [-0.1, -0.05) is 11.6 Å². The van der Waals surface area contributed by atoms with E-state index in [1.807, 2.05) is 30.9 Å². The van der Waals surface area contributed by atoms with Gasteiger partial charge in [0, 0.05) is 36.9 Å². The van der Waals surface area contributed by atoms with Gasteiger partial charge in [0.25, 0.3) is 5.91 Å². The molecular formula is C22H27ClN2O3. The average Bonchev–Trinajstić information content (AvgIpc) is 2.95. The molecule has 0 aromatic heterocycles. The molecule has 0 spiro atoms. The summed E-state index contributed by atoms with van der Waals surface area (Å²) in [5.41, 5.74) is 0.204. The Labute approximate surface area is 171 Å². The van der Waals surface area contributed by atoms with E-state index in [9.17, 15) is 4.79 Å². The minimum Gasteiger partial charge on any atom is -0.497 e. The van der Waals surface area contributed by atoms with Crippen molar-refractivity contribution in [2.24, 2.45) is 0 Å². The van der Waals surface area contributed by atoms with Crippen LogP contribution in [-0.4, -0.2) is 49.7 Å². The van der Waals surface area contributed by atoms with Crippen LogP contribution < -0.4 is 14.4 Å². The molecule has 1 heterocycles. The third-order valence-corrected chi connectivity index (χ3v) is 5.17. The van der Waals surface area contributed by atoms with Crippen molar-refractivity contribution in [3.8, 4) is 11.5 Å². The van der Waals surface area contributed by atoms with Gasteiger partial charge in [-0.05, 0) is 68.8 Å². The van der Waals surface area contributed by atoms with E-state index < -0.39 is 5.60 Å². The minimum absolute atomic E-state index is 0.000897. The number of hydrogen-bond acceptors (Lipinski definition) is 4. The SMILES string of the molecule is COc1ccc(N2CCCN(C(=O)C(C)(C)Oc3ccc(Cl)cc3)CC2)cc1. The summed E-state index contributed by atoms with van der Waals surface area (Å²) in [5, 5.41) is 0.641. The number of nitrogens with zero attached hydrogens (tertiary/aromatic N) is 2. The summed E-state index contributed by atoms with van der Waals surface area (Å²) in [6, 6.07) is 15.1. The van der Waals surface area contributed by atoms with E-state index >= 15 is 0 Å². The molecule has 1 aliphatic rings. The predicted molar refractivity (Wildman–Crippen MR) is 113 cm³/mol. The molecule has 0 atom stereocenters. The molecule has 3 rings (SSSR count). The lowest BCUT2D eigenvalue weighted by Gasteiger charge is -2.32. The van der Waals surface area contributed by atoms with Crippen LogP contribution in [-0.2, 0) is 4.79 Å². The lowest BCUT2D eigenvalue weighted by Crippen LogP contribution is -2.50. The van der Waals surface area contributed by atoms with Gasteiger partial charge in [-0.15, -0.1) is 0 Å². The summed E-state index contributed by atoms with van der Waals surface area (Å²) in [7, 11) is 1.66. The van der Waals surface area contributed by atoms with Crippen molar-refractivity contribution in [2.45, 2.75) is 25.9 Å². The molecule has 1 saturated heterocycles. The van der Waals surface area contributed by atoms with Crippen LogP contribution in [0.3, 0.4) is 0 Å². The number of hydrogen-bond donors (Lipinski definition) is 0. The van der Waals surface area contributed by atoms with E-state index in [0.717, 1.165) is 37.5 Å². The summed E-state index contributed by atoms with van der Waals surface area (Å²) in [5.74, 6) is 1.48. The Morgan fingerprint density at radius 2 is 1.57 bits per heavy atom. The first-order chi connectivity index (χ1) is 13.4. The summed E-state index contributed by atoms with van der Waals surface area (Å²) in [6.07, 6.45) is 0.912. The Kier molecular flexibility index (Phi) is 6.35. The molecular weight excluding hydrogens is 376 g/mol. The second-order valence-electron chi connectivity index (χ2n) is 7.40. The largest absolute Gasteiger partial charge is 0.497 e. The molecule has 0 aliphatic carbocycles. The summed E-state index contributed by atoms with van der Waals surface area (Å²) < 4.78 is 11.2. The lowest BCUT2D eigenvalue weighted by molar-refractivity contribution is -0.145. The van der Waals surface area contributed by atoms with E-state index in [4.69, 9.17) is 21.1 Å². The van der Waals surface area contributed by atoms with Crippen LogP contribution in [0.15, 0.2) is 48.5 Å².